The SMILES string of the molecule is C1CC(CN(CCC2CO2)CC2CO2)CC(CN(CC2CO2)CC2CO2)C1. The molecule has 6 unspecified atom stereocenters. The summed E-state index contributed by atoms with van der Waals surface area (Å²) in [5.41, 5.74) is 0. The molecule has 0 aromatic heterocycles. The van der Waals surface area contributed by atoms with Crippen molar-refractivity contribution >= 4 is 0 Å². The fourth-order valence-electron chi connectivity index (χ4n) is 4.89. The highest BCUT2D eigenvalue weighted by Crippen LogP contribution is 2.32. The van der Waals surface area contributed by atoms with Gasteiger partial charge in [-0.05, 0) is 37.5 Å². The van der Waals surface area contributed by atoms with Crippen LogP contribution >= 0.6 is 0 Å². The Balaban J connectivity index is 1.09. The largest absolute Gasteiger partial charge is 0.373 e. The summed E-state index contributed by atoms with van der Waals surface area (Å²) in [4.78, 5) is 5.29. The van der Waals surface area contributed by atoms with Gasteiger partial charge in [-0.1, -0.05) is 6.42 Å². The van der Waals surface area contributed by atoms with Crippen molar-refractivity contribution in [1.82, 2.24) is 9.80 Å². The lowest BCUT2D eigenvalue weighted by molar-refractivity contribution is 0.127. The molecule has 0 aromatic rings. The van der Waals surface area contributed by atoms with Gasteiger partial charge in [-0.25, -0.2) is 0 Å². The summed E-state index contributed by atoms with van der Waals surface area (Å²) in [5, 5.41) is 0. The number of hydrogen-bond donors (Lipinski definition) is 0. The Morgan fingerprint density at radius 3 is 1.59 bits per heavy atom. The van der Waals surface area contributed by atoms with Gasteiger partial charge in [-0.15, -0.1) is 0 Å². The maximum atomic E-state index is 5.51. The maximum Gasteiger partial charge on any atom is 0.0936 e. The van der Waals surface area contributed by atoms with Crippen LogP contribution in [0.5, 0.6) is 0 Å². The molecule has 5 rings (SSSR count). The van der Waals surface area contributed by atoms with E-state index in [1.807, 2.05) is 0 Å². The monoisotopic (exact) mass is 380 g/mol. The smallest absolute Gasteiger partial charge is 0.0936 e. The minimum atomic E-state index is 0.488. The standard InChI is InChI=1S/C21H36N2O4/c1-2-16(7-22(9-19-13-25-19)5-4-18-12-24-18)6-17(3-1)8-23(10-20-14-26-20)11-21-15-27-21/h16-21H,1-15H2. The van der Waals surface area contributed by atoms with Crippen LogP contribution in [-0.2, 0) is 18.9 Å². The zero-order valence-corrected chi connectivity index (χ0v) is 16.6. The summed E-state index contributed by atoms with van der Waals surface area (Å²) in [6.07, 6.45) is 8.77. The van der Waals surface area contributed by atoms with Gasteiger partial charge in [0.15, 0.2) is 0 Å². The first-order valence-corrected chi connectivity index (χ1v) is 11.2. The first-order valence-electron chi connectivity index (χ1n) is 11.2. The highest BCUT2D eigenvalue weighted by atomic mass is 16.6. The van der Waals surface area contributed by atoms with E-state index in [0.29, 0.717) is 24.4 Å². The number of ether oxygens (including phenoxy) is 4. The Morgan fingerprint density at radius 1 is 0.593 bits per heavy atom. The molecule has 1 aliphatic carbocycles. The fraction of sp³-hybridized carbons (Fsp3) is 1.00. The van der Waals surface area contributed by atoms with Gasteiger partial charge in [0.2, 0.25) is 0 Å². The second kappa shape index (κ2) is 8.64. The van der Waals surface area contributed by atoms with Crippen LogP contribution < -0.4 is 0 Å². The van der Waals surface area contributed by atoms with E-state index in [2.05, 4.69) is 9.80 Å². The number of hydrogen-bond acceptors (Lipinski definition) is 6. The van der Waals surface area contributed by atoms with Gasteiger partial charge in [-0.2, -0.15) is 0 Å². The van der Waals surface area contributed by atoms with Gasteiger partial charge < -0.3 is 23.8 Å². The van der Waals surface area contributed by atoms with E-state index in [1.54, 1.807) is 0 Å². The minimum Gasteiger partial charge on any atom is -0.373 e. The molecular weight excluding hydrogens is 344 g/mol. The summed E-state index contributed by atoms with van der Waals surface area (Å²) in [6, 6.07) is 0. The first-order chi connectivity index (χ1) is 13.3. The lowest BCUT2D eigenvalue weighted by Crippen LogP contribution is -2.39. The predicted octanol–water partition coefficient (Wildman–Crippen LogP) is 1.38. The summed E-state index contributed by atoms with van der Waals surface area (Å²) in [5.74, 6) is 1.69. The Labute approximate surface area is 163 Å². The van der Waals surface area contributed by atoms with E-state index in [1.165, 1.54) is 51.7 Å². The molecule has 6 nitrogen and oxygen atoms in total. The van der Waals surface area contributed by atoms with Crippen LogP contribution in [0.15, 0.2) is 0 Å². The fourth-order valence-corrected chi connectivity index (χ4v) is 4.89. The van der Waals surface area contributed by atoms with Crippen molar-refractivity contribution in [2.45, 2.75) is 56.5 Å². The second-order valence-corrected chi connectivity index (χ2v) is 9.49. The molecule has 4 saturated heterocycles. The second-order valence-electron chi connectivity index (χ2n) is 9.49. The molecule has 4 heterocycles. The van der Waals surface area contributed by atoms with Gasteiger partial charge in [0.05, 0.1) is 50.8 Å². The molecule has 0 aromatic carbocycles. The van der Waals surface area contributed by atoms with Crippen LogP contribution in [-0.4, -0.2) is 99.9 Å². The molecule has 5 aliphatic rings. The molecular formula is C21H36N2O4. The van der Waals surface area contributed by atoms with Crippen LogP contribution in [0.3, 0.4) is 0 Å². The van der Waals surface area contributed by atoms with Crippen LogP contribution in [0.2, 0.25) is 0 Å². The van der Waals surface area contributed by atoms with Crippen molar-refractivity contribution in [1.29, 1.82) is 0 Å². The van der Waals surface area contributed by atoms with Crippen LogP contribution in [0.25, 0.3) is 0 Å². The lowest BCUT2D eigenvalue weighted by Gasteiger charge is -2.35. The molecule has 0 radical (unpaired) electrons. The molecule has 6 heteroatoms. The molecule has 154 valence electrons. The molecule has 0 spiro atoms. The third-order valence-electron chi connectivity index (χ3n) is 6.69. The topological polar surface area (TPSA) is 56.6 Å². The van der Waals surface area contributed by atoms with E-state index in [0.717, 1.165) is 57.9 Å². The quantitative estimate of drug-likeness (QED) is 0.450. The zero-order valence-electron chi connectivity index (χ0n) is 16.6. The highest BCUT2D eigenvalue weighted by molar-refractivity contribution is 4.85. The van der Waals surface area contributed by atoms with Gasteiger partial charge in [0, 0.05) is 39.3 Å². The number of epoxide rings is 4. The predicted molar refractivity (Wildman–Crippen MR) is 102 cm³/mol. The van der Waals surface area contributed by atoms with Crippen molar-refractivity contribution in [3.05, 3.63) is 0 Å². The maximum absolute atomic E-state index is 5.51. The summed E-state index contributed by atoms with van der Waals surface area (Å²) in [7, 11) is 0. The van der Waals surface area contributed by atoms with Crippen LogP contribution in [0.1, 0.15) is 32.1 Å². The number of nitrogens with zero attached hydrogens (tertiary/aromatic N) is 2. The van der Waals surface area contributed by atoms with Crippen molar-refractivity contribution in [2.75, 3.05) is 65.7 Å². The first kappa shape index (κ1) is 18.8. The van der Waals surface area contributed by atoms with Gasteiger partial charge in [0.25, 0.3) is 0 Å². The minimum absolute atomic E-state index is 0.488. The van der Waals surface area contributed by atoms with Crippen molar-refractivity contribution in [3.8, 4) is 0 Å². The van der Waals surface area contributed by atoms with E-state index in [4.69, 9.17) is 18.9 Å². The Morgan fingerprint density at radius 2 is 1.07 bits per heavy atom. The molecule has 0 N–H and O–H groups in total. The van der Waals surface area contributed by atoms with Gasteiger partial charge in [0.1, 0.15) is 0 Å². The Kier molecular flexibility index (Phi) is 6.00. The van der Waals surface area contributed by atoms with Crippen molar-refractivity contribution in [2.24, 2.45) is 11.8 Å². The van der Waals surface area contributed by atoms with Crippen LogP contribution in [0.4, 0.5) is 0 Å². The average molecular weight is 381 g/mol. The Bertz CT molecular complexity index is 463. The average Bonchev–Trinajstić information content (AvgIpc) is 3.49. The molecule has 4 aliphatic heterocycles. The van der Waals surface area contributed by atoms with E-state index in [-0.39, 0.29) is 0 Å². The van der Waals surface area contributed by atoms with Crippen molar-refractivity contribution in [3.63, 3.8) is 0 Å². The van der Waals surface area contributed by atoms with E-state index < -0.39 is 0 Å². The third kappa shape index (κ3) is 6.65. The highest BCUT2D eigenvalue weighted by Gasteiger charge is 2.34. The molecule has 6 atom stereocenters. The van der Waals surface area contributed by atoms with Crippen molar-refractivity contribution < 1.29 is 18.9 Å². The lowest BCUT2D eigenvalue weighted by atomic mass is 9.80. The Hall–Kier alpha value is -0.240. The summed E-state index contributed by atoms with van der Waals surface area (Å²) in [6.45, 7) is 10.8. The van der Waals surface area contributed by atoms with E-state index in [9.17, 15) is 0 Å². The van der Waals surface area contributed by atoms with Gasteiger partial charge >= 0.3 is 0 Å². The third-order valence-corrected chi connectivity index (χ3v) is 6.69. The zero-order chi connectivity index (χ0) is 18.1. The molecule has 0 bridgehead atoms. The van der Waals surface area contributed by atoms with Crippen LogP contribution in [0, 0.1) is 11.8 Å². The molecule has 0 amide bonds. The molecule has 27 heavy (non-hydrogen) atoms. The normalized spacial score (nSPS) is 39.8. The summed E-state index contributed by atoms with van der Waals surface area (Å²) >= 11 is 0. The van der Waals surface area contributed by atoms with E-state index >= 15 is 0 Å². The summed E-state index contributed by atoms with van der Waals surface area (Å²) < 4.78 is 21.9. The van der Waals surface area contributed by atoms with Gasteiger partial charge in [-0.3, -0.25) is 4.90 Å². The molecule has 1 saturated carbocycles. The molecule has 5 fully saturated rings. The number of rotatable bonds is 13.